The summed E-state index contributed by atoms with van der Waals surface area (Å²) < 4.78 is 30.8. The average molecular weight is 575 g/mol. The van der Waals surface area contributed by atoms with Gasteiger partial charge in [-0.25, -0.2) is 9.59 Å². The summed E-state index contributed by atoms with van der Waals surface area (Å²) in [5.41, 5.74) is -1.71. The Kier molecular flexibility index (Phi) is 5.08. The largest absolute Gasteiger partial charge is 0.472 e. The number of benzene rings is 1. The van der Waals surface area contributed by atoms with Crippen molar-refractivity contribution in [3.63, 3.8) is 0 Å². The summed E-state index contributed by atoms with van der Waals surface area (Å²) in [7, 11) is 0. The summed E-state index contributed by atoms with van der Waals surface area (Å²) in [5, 5.41) is 12.4. The molecule has 4 aliphatic heterocycles. The van der Waals surface area contributed by atoms with Gasteiger partial charge in [0.15, 0.2) is 5.79 Å². The van der Waals surface area contributed by atoms with Crippen LogP contribution in [0.2, 0.25) is 0 Å². The number of fused-ring (bicyclic) bond motifs is 1. The minimum Gasteiger partial charge on any atom is -0.472 e. The molecule has 220 valence electrons. The summed E-state index contributed by atoms with van der Waals surface area (Å²) in [6, 6.07) is 10.6. The van der Waals surface area contributed by atoms with E-state index in [1.54, 1.807) is 42.9 Å². The Morgan fingerprint density at radius 1 is 1.07 bits per heavy atom. The zero-order valence-electron chi connectivity index (χ0n) is 23.8. The van der Waals surface area contributed by atoms with Crippen LogP contribution >= 0.6 is 0 Å². The Morgan fingerprint density at radius 3 is 2.60 bits per heavy atom. The quantitative estimate of drug-likeness (QED) is 0.412. The van der Waals surface area contributed by atoms with Crippen molar-refractivity contribution in [2.24, 2.45) is 28.6 Å². The fourth-order valence-corrected chi connectivity index (χ4v) is 10.2. The SMILES string of the molecule is C[C@]12CC3(O)O[C@@]4(C[C@H]3[C@H]1OC(=O)c1ccccc1)C1=CC(=O)O[C@@H](c3ccoc3)[C@]1(C)CC[C@@H]4[C@@]1(C)OC(=O)C[C@@H]21. The first-order chi connectivity index (χ1) is 19.9. The number of carbonyl (C=O) groups is 3. The van der Waals surface area contributed by atoms with Gasteiger partial charge in [-0.3, -0.25) is 4.79 Å². The van der Waals surface area contributed by atoms with Gasteiger partial charge in [0.25, 0.3) is 0 Å². The highest BCUT2D eigenvalue weighted by Gasteiger charge is 2.81. The summed E-state index contributed by atoms with van der Waals surface area (Å²) >= 11 is 0. The van der Waals surface area contributed by atoms with Crippen molar-refractivity contribution in [2.45, 2.75) is 82.1 Å². The van der Waals surface area contributed by atoms with E-state index < -0.39 is 57.9 Å². The molecule has 4 bridgehead atoms. The number of rotatable bonds is 3. The van der Waals surface area contributed by atoms with Crippen LogP contribution < -0.4 is 0 Å². The average Bonchev–Trinajstić information content (AvgIpc) is 3.68. The van der Waals surface area contributed by atoms with Crippen molar-refractivity contribution in [1.29, 1.82) is 0 Å². The molecule has 3 saturated heterocycles. The zero-order valence-corrected chi connectivity index (χ0v) is 23.8. The molecule has 9 heteroatoms. The number of furan rings is 1. The van der Waals surface area contributed by atoms with Crippen molar-refractivity contribution in [3.8, 4) is 0 Å². The number of ether oxygens (including phenoxy) is 4. The third-order valence-corrected chi connectivity index (χ3v) is 11.7. The molecule has 3 saturated carbocycles. The smallest absolute Gasteiger partial charge is 0.338 e. The molecule has 2 aromatic rings. The minimum absolute atomic E-state index is 0.151. The van der Waals surface area contributed by atoms with Crippen LogP contribution in [0.25, 0.3) is 0 Å². The zero-order chi connectivity index (χ0) is 29.3. The molecule has 1 N–H and O–H groups in total. The predicted octanol–water partition coefficient (Wildman–Crippen LogP) is 4.66. The molecule has 1 aromatic carbocycles. The molecular formula is C33H34O9. The van der Waals surface area contributed by atoms with Crippen LogP contribution in [0.5, 0.6) is 0 Å². The van der Waals surface area contributed by atoms with E-state index in [4.69, 9.17) is 23.4 Å². The summed E-state index contributed by atoms with van der Waals surface area (Å²) in [4.78, 5) is 39.9. The molecule has 6 fully saturated rings. The normalized spacial score (nSPS) is 46.5. The van der Waals surface area contributed by atoms with Crippen molar-refractivity contribution in [1.82, 2.24) is 0 Å². The first-order valence-corrected chi connectivity index (χ1v) is 14.8. The number of aliphatic hydroxyl groups is 1. The molecule has 9 rings (SSSR count). The number of carbonyl (C=O) groups excluding carboxylic acids is 3. The highest BCUT2D eigenvalue weighted by molar-refractivity contribution is 5.89. The van der Waals surface area contributed by atoms with Crippen LogP contribution in [0, 0.1) is 28.6 Å². The predicted molar refractivity (Wildman–Crippen MR) is 144 cm³/mol. The van der Waals surface area contributed by atoms with E-state index in [1.807, 2.05) is 19.9 Å². The van der Waals surface area contributed by atoms with Crippen LogP contribution in [-0.4, -0.2) is 46.1 Å². The van der Waals surface area contributed by atoms with Gasteiger partial charge < -0.3 is 28.5 Å². The van der Waals surface area contributed by atoms with Crippen LogP contribution in [0.15, 0.2) is 65.0 Å². The monoisotopic (exact) mass is 574 g/mol. The van der Waals surface area contributed by atoms with E-state index in [0.29, 0.717) is 24.8 Å². The molecule has 0 amide bonds. The lowest BCUT2D eigenvalue weighted by molar-refractivity contribution is -0.281. The van der Waals surface area contributed by atoms with Gasteiger partial charge in [-0.1, -0.05) is 32.0 Å². The van der Waals surface area contributed by atoms with Crippen molar-refractivity contribution < 1.29 is 42.9 Å². The van der Waals surface area contributed by atoms with Crippen LogP contribution in [-0.2, 0) is 28.5 Å². The lowest BCUT2D eigenvalue weighted by Gasteiger charge is -2.61. The maximum absolute atomic E-state index is 13.5. The van der Waals surface area contributed by atoms with E-state index in [-0.39, 0.29) is 30.6 Å². The number of hydrogen-bond acceptors (Lipinski definition) is 9. The molecule has 1 unspecified atom stereocenters. The van der Waals surface area contributed by atoms with Gasteiger partial charge in [-0.2, -0.15) is 0 Å². The van der Waals surface area contributed by atoms with Crippen LogP contribution in [0.4, 0.5) is 0 Å². The number of esters is 3. The maximum Gasteiger partial charge on any atom is 0.338 e. The fraction of sp³-hybridized carbons (Fsp3) is 0.545. The lowest BCUT2D eigenvalue weighted by Crippen LogP contribution is -2.65. The molecule has 10 atom stereocenters. The van der Waals surface area contributed by atoms with Gasteiger partial charge in [0, 0.05) is 40.7 Å². The van der Waals surface area contributed by atoms with Gasteiger partial charge in [-0.05, 0) is 50.0 Å². The van der Waals surface area contributed by atoms with Crippen molar-refractivity contribution >= 4 is 17.9 Å². The Morgan fingerprint density at radius 2 is 1.86 bits per heavy atom. The Balaban J connectivity index is 1.30. The maximum atomic E-state index is 13.5. The highest BCUT2D eigenvalue weighted by Crippen LogP contribution is 2.75. The van der Waals surface area contributed by atoms with Crippen molar-refractivity contribution in [3.05, 3.63) is 71.7 Å². The first-order valence-electron chi connectivity index (χ1n) is 14.8. The van der Waals surface area contributed by atoms with Gasteiger partial charge in [0.1, 0.15) is 23.4 Å². The second-order valence-electron chi connectivity index (χ2n) is 13.9. The molecule has 1 aromatic heterocycles. The van der Waals surface area contributed by atoms with Crippen LogP contribution in [0.3, 0.4) is 0 Å². The Bertz CT molecular complexity index is 1530. The van der Waals surface area contributed by atoms with E-state index in [2.05, 4.69) is 6.92 Å². The Labute approximate surface area is 243 Å². The molecular weight excluding hydrogens is 540 g/mol. The molecule has 7 aliphatic rings. The molecule has 5 heterocycles. The molecule has 3 aliphatic carbocycles. The fourth-order valence-electron chi connectivity index (χ4n) is 10.2. The summed E-state index contributed by atoms with van der Waals surface area (Å²) in [6.45, 7) is 6.02. The summed E-state index contributed by atoms with van der Waals surface area (Å²) in [6.07, 6.45) is 5.19. The van der Waals surface area contributed by atoms with Gasteiger partial charge in [0.2, 0.25) is 0 Å². The molecule has 9 nitrogen and oxygen atoms in total. The van der Waals surface area contributed by atoms with E-state index in [9.17, 15) is 19.5 Å². The van der Waals surface area contributed by atoms with Gasteiger partial charge >= 0.3 is 17.9 Å². The molecule has 1 spiro atoms. The van der Waals surface area contributed by atoms with Gasteiger partial charge in [0.05, 0.1) is 30.4 Å². The second kappa shape index (κ2) is 8.14. The topological polar surface area (TPSA) is 122 Å². The Hall–Kier alpha value is -3.43. The third-order valence-electron chi connectivity index (χ3n) is 11.7. The number of hydrogen-bond donors (Lipinski definition) is 1. The lowest BCUT2D eigenvalue weighted by atomic mass is 9.48. The minimum atomic E-state index is -1.63. The molecule has 42 heavy (non-hydrogen) atoms. The van der Waals surface area contributed by atoms with Crippen LogP contribution in [0.1, 0.15) is 74.9 Å². The van der Waals surface area contributed by atoms with Crippen molar-refractivity contribution in [2.75, 3.05) is 0 Å². The van der Waals surface area contributed by atoms with E-state index >= 15 is 0 Å². The van der Waals surface area contributed by atoms with Gasteiger partial charge in [-0.15, -0.1) is 0 Å². The first kappa shape index (κ1) is 26.2. The molecule has 0 radical (unpaired) electrons. The van der Waals surface area contributed by atoms with E-state index in [1.165, 1.54) is 6.08 Å². The standard InChI is InChI=1S/C33H34O9/c1-29-11-9-21-31(3)22(13-25(35)41-31)30(2)17-33(37)20(27(30)40-28(36)18-7-5-4-6-8-18)15-32(21,42-33)23(29)14-24(34)39-26(29)19-10-12-38-16-19/h4-8,10,12,14,16,20-22,26-27,37H,9,11,13,15,17H2,1-3H3/t20-,21+,22-,26-,27+,29+,30+,31+,32+,33?/m0/s1. The number of cyclic esters (lactones) is 1. The van der Waals surface area contributed by atoms with E-state index in [0.717, 1.165) is 11.1 Å². The third kappa shape index (κ3) is 3.13. The summed E-state index contributed by atoms with van der Waals surface area (Å²) in [5.74, 6) is -4.20. The highest BCUT2D eigenvalue weighted by atomic mass is 16.7. The second-order valence-corrected chi connectivity index (χ2v) is 13.9.